The molecule has 1 amide bonds. The highest BCUT2D eigenvalue weighted by Gasteiger charge is 2.30. The number of rotatable bonds is 4. The van der Waals surface area contributed by atoms with Gasteiger partial charge in [0.1, 0.15) is 5.82 Å². The van der Waals surface area contributed by atoms with Gasteiger partial charge in [0.25, 0.3) is 0 Å². The molecule has 0 bridgehead atoms. The average molecular weight is 422 g/mol. The van der Waals surface area contributed by atoms with Gasteiger partial charge in [-0.1, -0.05) is 36.8 Å². The van der Waals surface area contributed by atoms with Crippen LogP contribution < -0.4 is 0 Å². The highest BCUT2D eigenvalue weighted by Crippen LogP contribution is 2.28. The van der Waals surface area contributed by atoms with Crippen LogP contribution in [-0.4, -0.2) is 65.9 Å². The first kappa shape index (κ1) is 20.7. The van der Waals surface area contributed by atoms with Gasteiger partial charge in [0.05, 0.1) is 6.54 Å². The van der Waals surface area contributed by atoms with Crippen LogP contribution in [0.4, 0.5) is 4.39 Å². The fraction of sp³-hybridized carbons (Fsp3) is 0.500. The smallest absolute Gasteiger partial charge is 0.236 e. The second kappa shape index (κ2) is 8.71. The maximum absolute atomic E-state index is 14.0. The molecule has 0 N–H and O–H groups in total. The van der Waals surface area contributed by atoms with Crippen LogP contribution >= 0.6 is 0 Å². The van der Waals surface area contributed by atoms with E-state index < -0.39 is 0 Å². The van der Waals surface area contributed by atoms with Crippen LogP contribution in [0.1, 0.15) is 36.0 Å². The molecule has 164 valence electrons. The number of carbonyl (C=O) groups excluding carboxylic acids is 1. The minimum absolute atomic E-state index is 0.159. The lowest BCUT2D eigenvalue weighted by atomic mass is 9.91. The van der Waals surface area contributed by atoms with Crippen molar-refractivity contribution in [3.05, 3.63) is 58.9 Å². The molecule has 0 atom stereocenters. The molecule has 0 spiro atoms. The molecule has 2 aromatic carbocycles. The predicted molar refractivity (Wildman–Crippen MR) is 121 cm³/mol. The van der Waals surface area contributed by atoms with Crippen molar-refractivity contribution >= 4 is 5.91 Å². The van der Waals surface area contributed by atoms with Crippen molar-refractivity contribution in [3.63, 3.8) is 0 Å². The first-order valence-corrected chi connectivity index (χ1v) is 11.7. The summed E-state index contributed by atoms with van der Waals surface area (Å²) in [6.45, 7) is 7.80. The second-order valence-electron chi connectivity index (χ2n) is 9.41. The zero-order valence-corrected chi connectivity index (χ0v) is 18.4. The van der Waals surface area contributed by atoms with E-state index in [2.05, 4.69) is 32.9 Å². The summed E-state index contributed by atoms with van der Waals surface area (Å²) in [5.41, 5.74) is 5.25. The Labute approximate surface area is 184 Å². The average Bonchev–Trinajstić information content (AvgIpc) is 2.74. The van der Waals surface area contributed by atoms with E-state index in [1.807, 2.05) is 12.1 Å². The van der Waals surface area contributed by atoms with Crippen LogP contribution in [-0.2, 0) is 17.8 Å². The maximum atomic E-state index is 14.0. The van der Waals surface area contributed by atoms with Crippen LogP contribution in [0.5, 0.6) is 0 Å². The SMILES string of the molecule is Cc1ccc(-c2ccc3c(c2)CCN(CC(=O)N2CCN(C4CCC4)CC2)C3)cc1F. The van der Waals surface area contributed by atoms with Gasteiger partial charge in [0.15, 0.2) is 0 Å². The Hall–Kier alpha value is -2.24. The Morgan fingerprint density at radius 1 is 0.968 bits per heavy atom. The number of benzene rings is 2. The van der Waals surface area contributed by atoms with E-state index >= 15 is 0 Å². The molecule has 3 aliphatic rings. The minimum Gasteiger partial charge on any atom is -0.339 e. The lowest BCUT2D eigenvalue weighted by Crippen LogP contribution is -2.55. The number of hydrogen-bond acceptors (Lipinski definition) is 3. The Kier molecular flexibility index (Phi) is 5.81. The molecule has 0 radical (unpaired) electrons. The molecule has 0 unspecified atom stereocenters. The zero-order chi connectivity index (χ0) is 21.4. The molecular weight excluding hydrogens is 389 g/mol. The number of carbonyl (C=O) groups is 1. The number of hydrogen-bond donors (Lipinski definition) is 0. The topological polar surface area (TPSA) is 26.8 Å². The first-order chi connectivity index (χ1) is 15.1. The van der Waals surface area contributed by atoms with E-state index in [1.165, 1.54) is 30.4 Å². The van der Waals surface area contributed by atoms with Gasteiger partial charge in [-0.2, -0.15) is 0 Å². The quantitative estimate of drug-likeness (QED) is 0.750. The van der Waals surface area contributed by atoms with Crippen molar-refractivity contribution in [1.29, 1.82) is 0 Å². The molecule has 5 heteroatoms. The van der Waals surface area contributed by atoms with Crippen LogP contribution in [0.15, 0.2) is 36.4 Å². The molecule has 1 saturated heterocycles. The molecule has 2 aromatic rings. The number of amides is 1. The number of halogens is 1. The van der Waals surface area contributed by atoms with Gasteiger partial charge < -0.3 is 4.90 Å². The van der Waals surface area contributed by atoms with E-state index in [9.17, 15) is 9.18 Å². The third kappa shape index (κ3) is 4.39. The van der Waals surface area contributed by atoms with Gasteiger partial charge in [-0.3, -0.25) is 14.6 Å². The Morgan fingerprint density at radius 2 is 1.71 bits per heavy atom. The fourth-order valence-corrected chi connectivity index (χ4v) is 5.08. The summed E-state index contributed by atoms with van der Waals surface area (Å²) in [7, 11) is 0. The molecule has 1 saturated carbocycles. The standard InChI is InChI=1S/C26H32FN3O/c1-19-5-6-21(16-25(19)27)20-7-8-23-17-28(10-9-22(23)15-20)18-26(31)30-13-11-29(12-14-30)24-3-2-4-24/h5-8,15-16,24H,2-4,9-14,17-18H2,1H3. The van der Waals surface area contributed by atoms with Crippen molar-refractivity contribution in [3.8, 4) is 11.1 Å². The Bertz CT molecular complexity index is 963. The summed E-state index contributed by atoms with van der Waals surface area (Å²) in [5.74, 6) is 0.108. The molecule has 31 heavy (non-hydrogen) atoms. The van der Waals surface area contributed by atoms with Crippen LogP contribution in [0.25, 0.3) is 11.1 Å². The maximum Gasteiger partial charge on any atom is 0.236 e. The van der Waals surface area contributed by atoms with Gasteiger partial charge in [-0.25, -0.2) is 4.39 Å². The van der Waals surface area contributed by atoms with Crippen LogP contribution in [0, 0.1) is 12.7 Å². The van der Waals surface area contributed by atoms with Gasteiger partial charge in [0.2, 0.25) is 5.91 Å². The van der Waals surface area contributed by atoms with E-state index in [1.54, 1.807) is 13.0 Å². The first-order valence-electron chi connectivity index (χ1n) is 11.7. The number of aryl methyl sites for hydroxylation is 1. The summed E-state index contributed by atoms with van der Waals surface area (Å²) in [6.07, 6.45) is 4.97. The highest BCUT2D eigenvalue weighted by atomic mass is 19.1. The number of piperazine rings is 1. The third-order valence-corrected chi connectivity index (χ3v) is 7.42. The summed E-state index contributed by atoms with van der Waals surface area (Å²) in [4.78, 5) is 19.8. The van der Waals surface area contributed by atoms with Crippen molar-refractivity contribution < 1.29 is 9.18 Å². The van der Waals surface area contributed by atoms with E-state index in [0.29, 0.717) is 12.1 Å². The highest BCUT2D eigenvalue weighted by molar-refractivity contribution is 5.78. The fourth-order valence-electron chi connectivity index (χ4n) is 5.08. The van der Waals surface area contributed by atoms with Gasteiger partial charge in [-0.05, 0) is 60.1 Å². The lowest BCUT2D eigenvalue weighted by molar-refractivity contribution is -0.135. The number of fused-ring (bicyclic) bond motifs is 1. The molecule has 2 heterocycles. The normalized spacial score (nSPS) is 20.4. The zero-order valence-electron chi connectivity index (χ0n) is 18.4. The summed E-state index contributed by atoms with van der Waals surface area (Å²) in [6, 6.07) is 12.6. The second-order valence-corrected chi connectivity index (χ2v) is 9.41. The van der Waals surface area contributed by atoms with Crippen molar-refractivity contribution in [2.24, 2.45) is 0 Å². The molecule has 2 aliphatic heterocycles. The van der Waals surface area contributed by atoms with E-state index in [-0.39, 0.29) is 11.7 Å². The van der Waals surface area contributed by atoms with Crippen molar-refractivity contribution in [1.82, 2.24) is 14.7 Å². The van der Waals surface area contributed by atoms with E-state index in [4.69, 9.17) is 0 Å². The van der Waals surface area contributed by atoms with Crippen LogP contribution in [0.3, 0.4) is 0 Å². The third-order valence-electron chi connectivity index (χ3n) is 7.42. The molecule has 2 fully saturated rings. The van der Waals surface area contributed by atoms with Crippen LogP contribution in [0.2, 0.25) is 0 Å². The summed E-state index contributed by atoms with van der Waals surface area (Å²) < 4.78 is 14.0. The molecule has 0 aromatic heterocycles. The minimum atomic E-state index is -0.159. The monoisotopic (exact) mass is 421 g/mol. The van der Waals surface area contributed by atoms with Gasteiger partial charge in [-0.15, -0.1) is 0 Å². The Balaban J connectivity index is 1.18. The van der Waals surface area contributed by atoms with Crippen molar-refractivity contribution in [2.75, 3.05) is 39.3 Å². The molecule has 5 rings (SSSR count). The van der Waals surface area contributed by atoms with Crippen molar-refractivity contribution in [2.45, 2.75) is 45.2 Å². The van der Waals surface area contributed by atoms with E-state index in [0.717, 1.165) is 62.9 Å². The molecule has 4 nitrogen and oxygen atoms in total. The predicted octanol–water partition coefficient (Wildman–Crippen LogP) is 3.86. The van der Waals surface area contributed by atoms with Gasteiger partial charge in [0, 0.05) is 45.3 Å². The summed E-state index contributed by atoms with van der Waals surface area (Å²) in [5, 5.41) is 0. The lowest BCUT2D eigenvalue weighted by Gasteiger charge is -2.43. The largest absolute Gasteiger partial charge is 0.339 e. The Morgan fingerprint density at radius 3 is 2.42 bits per heavy atom. The van der Waals surface area contributed by atoms with Gasteiger partial charge >= 0.3 is 0 Å². The summed E-state index contributed by atoms with van der Waals surface area (Å²) >= 11 is 0. The molecule has 1 aliphatic carbocycles. The number of nitrogens with zero attached hydrogens (tertiary/aromatic N) is 3. The molecular formula is C26H32FN3O.